The van der Waals surface area contributed by atoms with Crippen molar-refractivity contribution in [3.05, 3.63) is 54.6 Å². The van der Waals surface area contributed by atoms with Crippen molar-refractivity contribution in [2.24, 2.45) is 5.92 Å². The van der Waals surface area contributed by atoms with E-state index in [1.165, 1.54) is 11.8 Å². The van der Waals surface area contributed by atoms with E-state index >= 15 is 0 Å². The quantitative estimate of drug-likeness (QED) is 0.472. The van der Waals surface area contributed by atoms with Crippen LogP contribution in [0.3, 0.4) is 0 Å². The molecular formula is C23H25N5O2S. The Balaban J connectivity index is 1.89. The van der Waals surface area contributed by atoms with Crippen LogP contribution in [0, 0.1) is 17.2 Å². The number of hydrogen-bond acceptors (Lipinski definition) is 6. The maximum absolute atomic E-state index is 12.7. The van der Waals surface area contributed by atoms with Gasteiger partial charge in [-0.05, 0) is 38.1 Å². The van der Waals surface area contributed by atoms with Crippen molar-refractivity contribution >= 4 is 17.7 Å². The highest BCUT2D eigenvalue weighted by molar-refractivity contribution is 7.99. The minimum atomic E-state index is -0.207. The van der Waals surface area contributed by atoms with Crippen molar-refractivity contribution < 1.29 is 9.53 Å². The van der Waals surface area contributed by atoms with Crippen LogP contribution in [0.2, 0.25) is 0 Å². The molecule has 1 aromatic heterocycles. The van der Waals surface area contributed by atoms with Crippen LogP contribution in [0.4, 0.5) is 0 Å². The summed E-state index contributed by atoms with van der Waals surface area (Å²) in [6.07, 6.45) is 0. The van der Waals surface area contributed by atoms with Gasteiger partial charge in [-0.25, -0.2) is 0 Å². The summed E-state index contributed by atoms with van der Waals surface area (Å²) in [6, 6.07) is 19.6. The van der Waals surface area contributed by atoms with Gasteiger partial charge in [0, 0.05) is 24.3 Å². The molecule has 1 heterocycles. The van der Waals surface area contributed by atoms with Crippen molar-refractivity contribution in [3.63, 3.8) is 0 Å². The molecule has 0 aliphatic carbocycles. The smallest absolute Gasteiger partial charge is 0.233 e. The summed E-state index contributed by atoms with van der Waals surface area (Å²) in [4.78, 5) is 14.4. The Kier molecular flexibility index (Phi) is 7.68. The van der Waals surface area contributed by atoms with Gasteiger partial charge in [0.2, 0.25) is 5.91 Å². The molecule has 0 bridgehead atoms. The fraction of sp³-hybridized carbons (Fsp3) is 0.304. The maximum atomic E-state index is 12.7. The Labute approximate surface area is 186 Å². The van der Waals surface area contributed by atoms with Gasteiger partial charge in [0.15, 0.2) is 11.0 Å². The molecule has 1 amide bonds. The second-order valence-electron chi connectivity index (χ2n) is 6.96. The molecule has 0 saturated heterocycles. The van der Waals surface area contributed by atoms with E-state index in [1.807, 2.05) is 73.0 Å². The zero-order valence-corrected chi connectivity index (χ0v) is 18.7. The minimum absolute atomic E-state index is 0.0276. The molecule has 0 radical (unpaired) electrons. The number of methoxy groups -OCH3 is 1. The van der Waals surface area contributed by atoms with E-state index in [4.69, 9.17) is 10.00 Å². The number of carbonyl (C=O) groups is 1. The molecule has 160 valence electrons. The van der Waals surface area contributed by atoms with Crippen molar-refractivity contribution in [2.75, 3.05) is 26.0 Å². The third kappa shape index (κ3) is 5.44. The lowest BCUT2D eigenvalue weighted by molar-refractivity contribution is -0.128. The highest BCUT2D eigenvalue weighted by atomic mass is 32.2. The number of ether oxygens (including phenoxy) is 1. The van der Waals surface area contributed by atoms with Crippen LogP contribution in [-0.2, 0) is 4.79 Å². The highest BCUT2D eigenvalue weighted by Crippen LogP contribution is 2.29. The fourth-order valence-electron chi connectivity index (χ4n) is 3.10. The average Bonchev–Trinajstić information content (AvgIpc) is 3.25. The second-order valence-corrected chi connectivity index (χ2v) is 7.90. The van der Waals surface area contributed by atoms with Gasteiger partial charge >= 0.3 is 0 Å². The Morgan fingerprint density at radius 1 is 1.19 bits per heavy atom. The van der Waals surface area contributed by atoms with E-state index in [0.29, 0.717) is 24.1 Å². The molecule has 0 aliphatic rings. The first kappa shape index (κ1) is 22.4. The number of thioether (sulfide) groups is 1. The molecule has 0 spiro atoms. The summed E-state index contributed by atoms with van der Waals surface area (Å²) in [5.41, 5.74) is 1.81. The molecule has 0 saturated carbocycles. The molecule has 1 atom stereocenters. The van der Waals surface area contributed by atoms with Gasteiger partial charge in [-0.3, -0.25) is 9.36 Å². The first-order valence-corrected chi connectivity index (χ1v) is 11.0. The molecule has 2 aromatic carbocycles. The monoisotopic (exact) mass is 435 g/mol. The summed E-state index contributed by atoms with van der Waals surface area (Å²) < 4.78 is 7.22. The molecule has 0 N–H and O–H groups in total. The molecule has 31 heavy (non-hydrogen) atoms. The van der Waals surface area contributed by atoms with Crippen molar-refractivity contribution in [2.45, 2.75) is 19.0 Å². The summed E-state index contributed by atoms with van der Waals surface area (Å²) in [5, 5.41) is 18.5. The predicted molar refractivity (Wildman–Crippen MR) is 121 cm³/mol. The van der Waals surface area contributed by atoms with Crippen LogP contribution in [0.5, 0.6) is 5.75 Å². The molecule has 0 fully saturated rings. The number of hydrogen-bond donors (Lipinski definition) is 0. The van der Waals surface area contributed by atoms with E-state index in [-0.39, 0.29) is 17.6 Å². The third-order valence-electron chi connectivity index (χ3n) is 4.77. The number of rotatable bonds is 9. The van der Waals surface area contributed by atoms with Gasteiger partial charge in [0.25, 0.3) is 0 Å². The summed E-state index contributed by atoms with van der Waals surface area (Å²) in [6.45, 7) is 4.72. The summed E-state index contributed by atoms with van der Waals surface area (Å²) >= 11 is 1.34. The summed E-state index contributed by atoms with van der Waals surface area (Å²) in [7, 11) is 1.63. The number of benzene rings is 2. The molecule has 3 rings (SSSR count). The SMILES string of the molecule is CCN(CC(C)C#N)C(=O)CSc1nnc(-c2ccccc2)n1-c1ccc(OC)cc1. The van der Waals surface area contributed by atoms with E-state index < -0.39 is 0 Å². The number of nitriles is 1. The number of amides is 1. The standard InChI is InChI=1S/C23H25N5O2S/c1-4-27(15-17(2)14-24)21(29)16-31-23-26-25-22(18-8-6-5-7-9-18)28(23)19-10-12-20(30-3)13-11-19/h5-13,17H,4,15-16H2,1-3H3. The van der Waals surface area contributed by atoms with Crippen LogP contribution in [0.15, 0.2) is 59.8 Å². The largest absolute Gasteiger partial charge is 0.497 e. The molecule has 0 aliphatic heterocycles. The van der Waals surface area contributed by atoms with Crippen LogP contribution in [0.25, 0.3) is 17.1 Å². The predicted octanol–water partition coefficient (Wildman–Crippen LogP) is 4.04. The van der Waals surface area contributed by atoms with Gasteiger partial charge in [0.05, 0.1) is 24.8 Å². The average molecular weight is 436 g/mol. The van der Waals surface area contributed by atoms with E-state index in [1.54, 1.807) is 12.0 Å². The minimum Gasteiger partial charge on any atom is -0.497 e. The zero-order chi connectivity index (χ0) is 22.2. The summed E-state index contributed by atoms with van der Waals surface area (Å²) in [5.74, 6) is 1.44. The molecular weight excluding hydrogens is 410 g/mol. The first-order chi connectivity index (χ1) is 15.1. The lowest BCUT2D eigenvalue weighted by Crippen LogP contribution is -2.35. The van der Waals surface area contributed by atoms with Gasteiger partial charge in [-0.2, -0.15) is 5.26 Å². The second kappa shape index (κ2) is 10.6. The van der Waals surface area contributed by atoms with Crippen molar-refractivity contribution in [1.29, 1.82) is 5.26 Å². The van der Waals surface area contributed by atoms with E-state index in [2.05, 4.69) is 16.3 Å². The van der Waals surface area contributed by atoms with Crippen LogP contribution < -0.4 is 4.74 Å². The Hall–Kier alpha value is -3.31. The van der Waals surface area contributed by atoms with Crippen molar-refractivity contribution in [1.82, 2.24) is 19.7 Å². The molecule has 3 aromatic rings. The number of aromatic nitrogens is 3. The van der Waals surface area contributed by atoms with Crippen LogP contribution in [0.1, 0.15) is 13.8 Å². The lowest BCUT2D eigenvalue weighted by atomic mass is 10.2. The maximum Gasteiger partial charge on any atom is 0.233 e. The molecule has 1 unspecified atom stereocenters. The van der Waals surface area contributed by atoms with Crippen molar-refractivity contribution in [3.8, 4) is 28.9 Å². The molecule has 7 nitrogen and oxygen atoms in total. The fourth-order valence-corrected chi connectivity index (χ4v) is 3.95. The lowest BCUT2D eigenvalue weighted by Gasteiger charge is -2.21. The van der Waals surface area contributed by atoms with E-state index in [9.17, 15) is 4.79 Å². The Morgan fingerprint density at radius 3 is 2.52 bits per heavy atom. The van der Waals surface area contributed by atoms with Gasteiger partial charge in [-0.15, -0.1) is 10.2 Å². The third-order valence-corrected chi connectivity index (χ3v) is 5.68. The molecule has 8 heteroatoms. The van der Waals surface area contributed by atoms with Gasteiger partial charge in [-0.1, -0.05) is 42.1 Å². The number of nitrogens with zero attached hydrogens (tertiary/aromatic N) is 5. The highest BCUT2D eigenvalue weighted by Gasteiger charge is 2.20. The van der Waals surface area contributed by atoms with Crippen LogP contribution >= 0.6 is 11.8 Å². The number of carbonyl (C=O) groups excluding carboxylic acids is 1. The van der Waals surface area contributed by atoms with Gasteiger partial charge < -0.3 is 9.64 Å². The topological polar surface area (TPSA) is 84.0 Å². The van der Waals surface area contributed by atoms with Gasteiger partial charge in [0.1, 0.15) is 5.75 Å². The Bertz CT molecular complexity index is 1040. The van der Waals surface area contributed by atoms with E-state index in [0.717, 1.165) is 17.0 Å². The Morgan fingerprint density at radius 2 is 1.90 bits per heavy atom. The normalized spacial score (nSPS) is 11.5. The first-order valence-electron chi connectivity index (χ1n) is 10.0. The van der Waals surface area contributed by atoms with Crippen LogP contribution in [-0.4, -0.2) is 51.5 Å². The zero-order valence-electron chi connectivity index (χ0n) is 17.9.